The van der Waals surface area contributed by atoms with Crippen molar-refractivity contribution in [2.24, 2.45) is 7.05 Å². The fourth-order valence-electron chi connectivity index (χ4n) is 2.94. The highest BCUT2D eigenvalue weighted by Gasteiger charge is 2.12. The van der Waals surface area contributed by atoms with Crippen molar-refractivity contribution in [2.45, 2.75) is 6.54 Å². The van der Waals surface area contributed by atoms with Gasteiger partial charge in [-0.1, -0.05) is 23.7 Å². The third-order valence-corrected chi connectivity index (χ3v) is 4.61. The summed E-state index contributed by atoms with van der Waals surface area (Å²) < 4.78 is 3.12. The number of aromatic nitrogens is 3. The monoisotopic (exact) mass is 366 g/mol. The topological polar surface area (TPSA) is 68.4 Å². The molecule has 0 spiro atoms. The smallest absolute Gasteiger partial charge is 0.276 e. The number of nitrogens with one attached hydrogen (secondary N) is 1. The van der Waals surface area contributed by atoms with Crippen LogP contribution < -0.4 is 10.9 Å². The molecule has 2 aromatic carbocycles. The molecule has 1 amide bonds. The van der Waals surface area contributed by atoms with E-state index < -0.39 is 0 Å². The second-order valence-electron chi connectivity index (χ2n) is 6.01. The first-order chi connectivity index (χ1) is 12.5. The lowest BCUT2D eigenvalue weighted by molar-refractivity contribution is 0.0951. The second-order valence-corrected chi connectivity index (χ2v) is 6.44. The van der Waals surface area contributed by atoms with Crippen molar-refractivity contribution in [1.82, 2.24) is 19.5 Å². The lowest BCUT2D eigenvalue weighted by Gasteiger charge is -2.10. The van der Waals surface area contributed by atoms with Crippen molar-refractivity contribution in [3.05, 3.63) is 81.2 Å². The van der Waals surface area contributed by atoms with Crippen LogP contribution in [0.1, 0.15) is 15.9 Å². The number of rotatable bonds is 3. The molecule has 0 bridgehead atoms. The van der Waals surface area contributed by atoms with E-state index in [-0.39, 0.29) is 11.5 Å². The van der Waals surface area contributed by atoms with E-state index in [9.17, 15) is 9.59 Å². The SMILES string of the molecule is Cn1c(=O)c2ccnn2c2ccc(C(=O)NCc3ccc(Cl)cc3)cc21. The van der Waals surface area contributed by atoms with Gasteiger partial charge in [0.1, 0.15) is 5.52 Å². The summed E-state index contributed by atoms with van der Waals surface area (Å²) in [6.07, 6.45) is 1.59. The van der Waals surface area contributed by atoms with Gasteiger partial charge in [-0.3, -0.25) is 9.59 Å². The van der Waals surface area contributed by atoms with Gasteiger partial charge < -0.3 is 9.88 Å². The minimum absolute atomic E-state index is 0.159. The van der Waals surface area contributed by atoms with E-state index in [0.29, 0.717) is 28.2 Å². The lowest BCUT2D eigenvalue weighted by atomic mass is 10.1. The van der Waals surface area contributed by atoms with Crippen molar-refractivity contribution < 1.29 is 4.79 Å². The maximum atomic E-state index is 12.5. The predicted molar refractivity (Wildman–Crippen MR) is 101 cm³/mol. The molecule has 4 aromatic rings. The Labute approximate surface area is 153 Å². The number of nitrogens with zero attached hydrogens (tertiary/aromatic N) is 3. The molecule has 2 aromatic heterocycles. The number of benzene rings is 2. The van der Waals surface area contributed by atoms with Crippen molar-refractivity contribution >= 4 is 34.1 Å². The standard InChI is InChI=1S/C19H15ClN4O2/c1-23-17-10-13(18(25)21-11-12-2-5-14(20)6-3-12)4-7-15(17)24-16(19(23)26)8-9-22-24/h2-10H,11H2,1H3,(H,21,25). The Morgan fingerprint density at radius 3 is 2.62 bits per heavy atom. The van der Waals surface area contributed by atoms with Crippen molar-refractivity contribution in [3.63, 3.8) is 0 Å². The summed E-state index contributed by atoms with van der Waals surface area (Å²) in [6.45, 7) is 0.394. The molecule has 0 aliphatic heterocycles. The minimum atomic E-state index is -0.213. The van der Waals surface area contributed by atoms with Crippen LogP contribution in [0.15, 0.2) is 59.5 Å². The molecule has 0 atom stereocenters. The van der Waals surface area contributed by atoms with E-state index in [2.05, 4.69) is 10.4 Å². The zero-order chi connectivity index (χ0) is 18.3. The maximum Gasteiger partial charge on any atom is 0.276 e. The minimum Gasteiger partial charge on any atom is -0.348 e. The van der Waals surface area contributed by atoms with Crippen LogP contribution in [0, 0.1) is 0 Å². The van der Waals surface area contributed by atoms with E-state index in [1.165, 1.54) is 4.57 Å². The summed E-state index contributed by atoms with van der Waals surface area (Å²) in [4.78, 5) is 24.9. The molecule has 4 rings (SSSR count). The highest BCUT2D eigenvalue weighted by Crippen LogP contribution is 2.16. The molecule has 1 N–H and O–H groups in total. The third kappa shape index (κ3) is 2.74. The number of halogens is 1. The van der Waals surface area contributed by atoms with E-state index in [1.54, 1.807) is 54.2 Å². The van der Waals surface area contributed by atoms with Crippen LogP contribution in [0.2, 0.25) is 5.02 Å². The molecule has 0 aliphatic carbocycles. The summed E-state index contributed by atoms with van der Waals surface area (Å²) in [5.41, 5.74) is 3.18. The van der Waals surface area contributed by atoms with Gasteiger partial charge in [-0.05, 0) is 42.0 Å². The molecule has 6 nitrogen and oxygen atoms in total. The number of hydrogen-bond donors (Lipinski definition) is 1. The maximum absolute atomic E-state index is 12.5. The lowest BCUT2D eigenvalue weighted by Crippen LogP contribution is -2.24. The number of aryl methyl sites for hydroxylation is 1. The molecule has 26 heavy (non-hydrogen) atoms. The van der Waals surface area contributed by atoms with Crippen LogP contribution in [-0.2, 0) is 13.6 Å². The summed E-state index contributed by atoms with van der Waals surface area (Å²) in [6, 6.07) is 14.2. The van der Waals surface area contributed by atoms with Crippen LogP contribution in [0.5, 0.6) is 0 Å². The van der Waals surface area contributed by atoms with Crippen LogP contribution in [0.3, 0.4) is 0 Å². The average Bonchev–Trinajstić information content (AvgIpc) is 3.15. The first kappa shape index (κ1) is 16.4. The van der Waals surface area contributed by atoms with Crippen LogP contribution in [0.25, 0.3) is 16.6 Å². The highest BCUT2D eigenvalue weighted by molar-refractivity contribution is 6.30. The summed E-state index contributed by atoms with van der Waals surface area (Å²) in [5.74, 6) is -0.213. The summed E-state index contributed by atoms with van der Waals surface area (Å²) in [5, 5.41) is 7.73. The Hall–Kier alpha value is -3.12. The van der Waals surface area contributed by atoms with Gasteiger partial charge in [0.05, 0.1) is 17.2 Å². The zero-order valence-corrected chi connectivity index (χ0v) is 14.7. The highest BCUT2D eigenvalue weighted by atomic mass is 35.5. The first-order valence-electron chi connectivity index (χ1n) is 8.04. The molecular weight excluding hydrogens is 352 g/mol. The van der Waals surface area contributed by atoms with Gasteiger partial charge in [0.2, 0.25) is 0 Å². The number of carbonyl (C=O) groups excluding carboxylic acids is 1. The predicted octanol–water partition coefficient (Wildman–Crippen LogP) is 2.77. The van der Waals surface area contributed by atoms with Crippen molar-refractivity contribution in [3.8, 4) is 0 Å². The van der Waals surface area contributed by atoms with Gasteiger partial charge in [-0.2, -0.15) is 5.10 Å². The van der Waals surface area contributed by atoms with Crippen LogP contribution in [0.4, 0.5) is 0 Å². The number of fused-ring (bicyclic) bond motifs is 3. The van der Waals surface area contributed by atoms with Crippen LogP contribution in [-0.4, -0.2) is 20.1 Å². The molecular formula is C19H15ClN4O2. The molecule has 0 saturated carbocycles. The fraction of sp³-hybridized carbons (Fsp3) is 0.105. The van der Waals surface area contributed by atoms with Gasteiger partial charge in [0, 0.05) is 24.2 Å². The quantitative estimate of drug-likeness (QED) is 0.606. The van der Waals surface area contributed by atoms with E-state index in [4.69, 9.17) is 11.6 Å². The molecule has 7 heteroatoms. The number of carbonyl (C=O) groups is 1. The Balaban J connectivity index is 1.67. The fourth-order valence-corrected chi connectivity index (χ4v) is 3.06. The second kappa shape index (κ2) is 6.31. The molecule has 130 valence electrons. The third-order valence-electron chi connectivity index (χ3n) is 4.36. The zero-order valence-electron chi connectivity index (χ0n) is 13.9. The molecule has 2 heterocycles. The van der Waals surface area contributed by atoms with Gasteiger partial charge in [0.25, 0.3) is 11.5 Å². The number of amides is 1. The largest absolute Gasteiger partial charge is 0.348 e. The molecule has 0 saturated heterocycles. The van der Waals surface area contributed by atoms with E-state index in [1.807, 2.05) is 12.1 Å². The van der Waals surface area contributed by atoms with Gasteiger partial charge >= 0.3 is 0 Å². The Kier molecular flexibility index (Phi) is 3.97. The normalized spacial score (nSPS) is 11.2. The Morgan fingerprint density at radius 2 is 1.85 bits per heavy atom. The van der Waals surface area contributed by atoms with E-state index in [0.717, 1.165) is 11.1 Å². The average molecular weight is 367 g/mol. The van der Waals surface area contributed by atoms with E-state index >= 15 is 0 Å². The summed E-state index contributed by atoms with van der Waals surface area (Å²) in [7, 11) is 1.69. The van der Waals surface area contributed by atoms with Crippen LogP contribution >= 0.6 is 11.6 Å². The van der Waals surface area contributed by atoms with Gasteiger partial charge in [-0.15, -0.1) is 0 Å². The Bertz CT molecular complexity index is 1190. The van der Waals surface area contributed by atoms with Gasteiger partial charge in [-0.25, -0.2) is 4.52 Å². The van der Waals surface area contributed by atoms with Crippen molar-refractivity contribution in [1.29, 1.82) is 0 Å². The molecule has 0 unspecified atom stereocenters. The molecule has 0 radical (unpaired) electrons. The van der Waals surface area contributed by atoms with Crippen molar-refractivity contribution in [2.75, 3.05) is 0 Å². The first-order valence-corrected chi connectivity index (χ1v) is 8.41. The Morgan fingerprint density at radius 1 is 1.08 bits per heavy atom. The summed E-state index contributed by atoms with van der Waals surface area (Å²) >= 11 is 5.86. The van der Waals surface area contributed by atoms with Gasteiger partial charge in [0.15, 0.2) is 0 Å². The number of hydrogen-bond acceptors (Lipinski definition) is 3. The molecule has 0 fully saturated rings. The molecule has 0 aliphatic rings.